The molecule has 10 heteroatoms. The van der Waals surface area contributed by atoms with Gasteiger partial charge in [0.1, 0.15) is 6.04 Å². The maximum atomic E-state index is 10.9. The summed E-state index contributed by atoms with van der Waals surface area (Å²) in [5.74, 6) is -2.42. The van der Waals surface area contributed by atoms with Gasteiger partial charge in [0.2, 0.25) is 0 Å². The number of aromatic nitrogens is 2. The van der Waals surface area contributed by atoms with E-state index in [0.29, 0.717) is 34.3 Å². The van der Waals surface area contributed by atoms with Crippen LogP contribution in [0.2, 0.25) is 10.0 Å². The third-order valence-corrected chi connectivity index (χ3v) is 4.42. The van der Waals surface area contributed by atoms with Gasteiger partial charge in [0.05, 0.1) is 27.8 Å². The van der Waals surface area contributed by atoms with Gasteiger partial charge < -0.3 is 21.7 Å². The van der Waals surface area contributed by atoms with Crippen LogP contribution in [-0.4, -0.2) is 44.5 Å². The average Bonchev–Trinajstić information content (AvgIpc) is 3.07. The van der Waals surface area contributed by atoms with Crippen molar-refractivity contribution in [1.82, 2.24) is 9.78 Å². The van der Waals surface area contributed by atoms with E-state index in [2.05, 4.69) is 5.10 Å². The summed E-state index contributed by atoms with van der Waals surface area (Å²) in [5.41, 5.74) is 11.7. The van der Waals surface area contributed by atoms with Gasteiger partial charge in [0.25, 0.3) is 0 Å². The lowest BCUT2D eigenvalue weighted by atomic mass is 10.0. The minimum Gasteiger partial charge on any atom is -0.481 e. The molecule has 0 radical (unpaired) electrons. The number of halogens is 2. The molecule has 0 bridgehead atoms. The molecule has 2 rings (SSSR count). The van der Waals surface area contributed by atoms with Crippen molar-refractivity contribution in [2.24, 2.45) is 11.5 Å². The largest absolute Gasteiger partial charge is 0.481 e. The predicted octanol–water partition coefficient (Wildman–Crippen LogP) is 2.89. The number of nitrogens with zero attached hydrogens (tertiary/aromatic N) is 2. The van der Waals surface area contributed by atoms with Crippen LogP contribution < -0.4 is 11.5 Å². The standard InChI is InChI=1S/C12H10Cl2N2O2.C6H14N2O2/c1-7(12(17)18)8-2-3-11(10(14)4-8)16-6-9(13)5-15-16;7-4-2-1-3-5(8)6(9)10/h2-7H,1H3,(H,17,18);5H,1-4,7-8H2,(H,9,10)/t;5-/m.0/s1. The molecule has 0 saturated heterocycles. The summed E-state index contributed by atoms with van der Waals surface area (Å²) >= 11 is 11.9. The van der Waals surface area contributed by atoms with Crippen molar-refractivity contribution >= 4 is 35.1 Å². The van der Waals surface area contributed by atoms with Crippen LogP contribution in [0.1, 0.15) is 37.7 Å². The quantitative estimate of drug-likeness (QED) is 0.470. The number of carboxylic acids is 2. The third kappa shape index (κ3) is 7.47. The molecular weight excluding hydrogens is 407 g/mol. The first-order chi connectivity index (χ1) is 13.2. The number of nitrogens with two attached hydrogens (primary N) is 2. The molecule has 1 aromatic carbocycles. The van der Waals surface area contributed by atoms with Crippen molar-refractivity contribution < 1.29 is 19.8 Å². The van der Waals surface area contributed by atoms with E-state index in [-0.39, 0.29) is 0 Å². The van der Waals surface area contributed by atoms with Gasteiger partial charge in [0, 0.05) is 6.20 Å². The molecule has 1 unspecified atom stereocenters. The molecule has 0 aliphatic carbocycles. The molecule has 2 atom stereocenters. The van der Waals surface area contributed by atoms with Crippen molar-refractivity contribution in [2.75, 3.05) is 6.54 Å². The first kappa shape index (κ1) is 23.9. The fourth-order valence-corrected chi connectivity index (χ4v) is 2.60. The zero-order valence-electron chi connectivity index (χ0n) is 15.4. The second kappa shape index (κ2) is 11.7. The van der Waals surface area contributed by atoms with E-state index in [1.165, 1.54) is 6.20 Å². The van der Waals surface area contributed by atoms with Crippen molar-refractivity contribution in [3.8, 4) is 5.69 Å². The van der Waals surface area contributed by atoms with E-state index < -0.39 is 23.9 Å². The van der Waals surface area contributed by atoms with Gasteiger partial charge in [0.15, 0.2) is 0 Å². The van der Waals surface area contributed by atoms with Crippen molar-refractivity contribution in [2.45, 2.75) is 38.1 Å². The van der Waals surface area contributed by atoms with Gasteiger partial charge >= 0.3 is 11.9 Å². The van der Waals surface area contributed by atoms with Crippen LogP contribution in [0, 0.1) is 0 Å². The Labute approximate surface area is 173 Å². The van der Waals surface area contributed by atoms with Gasteiger partial charge in [-0.15, -0.1) is 0 Å². The van der Waals surface area contributed by atoms with E-state index in [9.17, 15) is 9.59 Å². The zero-order chi connectivity index (χ0) is 21.3. The minimum absolute atomic E-state index is 0.431. The summed E-state index contributed by atoms with van der Waals surface area (Å²) in [6, 6.07) is 4.35. The highest BCUT2D eigenvalue weighted by Gasteiger charge is 2.15. The molecule has 2 aromatic rings. The third-order valence-electron chi connectivity index (χ3n) is 3.93. The normalized spacial score (nSPS) is 12.6. The minimum atomic E-state index is -0.933. The van der Waals surface area contributed by atoms with Gasteiger partial charge in [-0.1, -0.05) is 35.7 Å². The highest BCUT2D eigenvalue weighted by Crippen LogP contribution is 2.26. The number of benzene rings is 1. The van der Waals surface area contributed by atoms with Crippen LogP contribution in [-0.2, 0) is 9.59 Å². The maximum absolute atomic E-state index is 10.9. The number of aliphatic carboxylic acids is 2. The lowest BCUT2D eigenvalue weighted by Gasteiger charge is -2.10. The van der Waals surface area contributed by atoms with Gasteiger partial charge in [-0.05, 0) is 44.0 Å². The Bertz CT molecular complexity index is 798. The van der Waals surface area contributed by atoms with E-state index in [4.69, 9.17) is 44.9 Å². The molecule has 8 nitrogen and oxygen atoms in total. The summed E-state index contributed by atoms with van der Waals surface area (Å²) in [5, 5.41) is 22.2. The summed E-state index contributed by atoms with van der Waals surface area (Å²) in [6.45, 7) is 2.21. The number of hydrogen-bond donors (Lipinski definition) is 4. The molecule has 28 heavy (non-hydrogen) atoms. The maximum Gasteiger partial charge on any atom is 0.320 e. The van der Waals surface area contributed by atoms with E-state index in [1.54, 1.807) is 36.0 Å². The smallest absolute Gasteiger partial charge is 0.320 e. The van der Waals surface area contributed by atoms with Gasteiger partial charge in [-0.2, -0.15) is 5.10 Å². The number of carbonyl (C=O) groups is 2. The second-order valence-corrected chi connectivity index (χ2v) is 6.95. The van der Waals surface area contributed by atoms with Gasteiger partial charge in [-0.3, -0.25) is 9.59 Å². The Morgan fingerprint density at radius 3 is 2.36 bits per heavy atom. The summed E-state index contributed by atoms with van der Waals surface area (Å²) in [4.78, 5) is 21.0. The van der Waals surface area contributed by atoms with E-state index in [1.807, 2.05) is 0 Å². The van der Waals surface area contributed by atoms with Crippen molar-refractivity contribution in [1.29, 1.82) is 0 Å². The lowest BCUT2D eigenvalue weighted by Crippen LogP contribution is -2.29. The molecular formula is C18H24Cl2N4O4. The molecule has 154 valence electrons. The summed E-state index contributed by atoms with van der Waals surface area (Å²) < 4.78 is 1.54. The fourth-order valence-electron chi connectivity index (χ4n) is 2.19. The number of unbranched alkanes of at least 4 members (excludes halogenated alkanes) is 1. The number of carboxylic acid groups (broad SMARTS) is 2. The Kier molecular flexibility index (Phi) is 9.95. The van der Waals surface area contributed by atoms with Crippen LogP contribution in [0.15, 0.2) is 30.6 Å². The van der Waals surface area contributed by atoms with Crippen LogP contribution in [0.25, 0.3) is 5.69 Å². The van der Waals surface area contributed by atoms with Crippen LogP contribution in [0.3, 0.4) is 0 Å². The number of rotatable bonds is 8. The Balaban J connectivity index is 0.000000336. The van der Waals surface area contributed by atoms with Crippen LogP contribution >= 0.6 is 23.2 Å². The monoisotopic (exact) mass is 430 g/mol. The Morgan fingerprint density at radius 1 is 1.21 bits per heavy atom. The SMILES string of the molecule is CC(C(=O)O)c1ccc(-n2cc(Cl)cn2)c(Cl)c1.NCCCC[C@H](N)C(=O)O. The highest BCUT2D eigenvalue weighted by atomic mass is 35.5. The zero-order valence-corrected chi connectivity index (χ0v) is 16.9. The second-order valence-electron chi connectivity index (χ2n) is 6.10. The van der Waals surface area contributed by atoms with E-state index in [0.717, 1.165) is 12.8 Å². The molecule has 1 heterocycles. The molecule has 0 aliphatic rings. The first-order valence-electron chi connectivity index (χ1n) is 8.58. The van der Waals surface area contributed by atoms with E-state index >= 15 is 0 Å². The van der Waals surface area contributed by atoms with Gasteiger partial charge in [-0.25, -0.2) is 4.68 Å². The van der Waals surface area contributed by atoms with Crippen LogP contribution in [0.5, 0.6) is 0 Å². The molecule has 6 N–H and O–H groups in total. The first-order valence-corrected chi connectivity index (χ1v) is 9.34. The Hall–Kier alpha value is -2.13. The van der Waals surface area contributed by atoms with Crippen molar-refractivity contribution in [3.05, 3.63) is 46.2 Å². The molecule has 0 amide bonds. The number of hydrogen-bond acceptors (Lipinski definition) is 5. The molecule has 0 spiro atoms. The molecule has 0 fully saturated rings. The molecule has 1 aromatic heterocycles. The topological polar surface area (TPSA) is 144 Å². The predicted molar refractivity (Wildman–Crippen MR) is 108 cm³/mol. The molecule has 0 aliphatic heterocycles. The molecule has 0 saturated carbocycles. The average molecular weight is 431 g/mol. The van der Waals surface area contributed by atoms with Crippen LogP contribution in [0.4, 0.5) is 0 Å². The summed E-state index contributed by atoms with van der Waals surface area (Å²) in [7, 11) is 0. The highest BCUT2D eigenvalue weighted by molar-refractivity contribution is 6.32. The Morgan fingerprint density at radius 2 is 1.89 bits per heavy atom. The van der Waals surface area contributed by atoms with Crippen molar-refractivity contribution in [3.63, 3.8) is 0 Å². The fraction of sp³-hybridized carbons (Fsp3) is 0.389. The lowest BCUT2D eigenvalue weighted by molar-refractivity contribution is -0.139. The summed E-state index contributed by atoms with van der Waals surface area (Å²) in [6.07, 6.45) is 5.30.